The number of rotatable bonds is 2. The van der Waals surface area contributed by atoms with Gasteiger partial charge in [0.1, 0.15) is 0 Å². The van der Waals surface area contributed by atoms with Crippen LogP contribution in [0.5, 0.6) is 0 Å². The molecule has 0 spiro atoms. The lowest BCUT2D eigenvalue weighted by Gasteiger charge is -2.20. The van der Waals surface area contributed by atoms with Crippen LogP contribution in [0, 0.1) is 0 Å². The van der Waals surface area contributed by atoms with E-state index in [1.165, 1.54) is 0 Å². The first kappa shape index (κ1) is 14.7. The van der Waals surface area contributed by atoms with E-state index < -0.39 is 24.2 Å². The average molecular weight is 489 g/mol. The van der Waals surface area contributed by atoms with Gasteiger partial charge in [-0.15, -0.1) is 0 Å². The molecule has 0 nitrogen and oxygen atoms in total. The van der Waals surface area contributed by atoms with Gasteiger partial charge in [-0.05, 0) is 82.2 Å². The molecule has 0 bridgehead atoms. The summed E-state index contributed by atoms with van der Waals surface area (Å²) in [4.78, 5) is 0. The minimum absolute atomic E-state index is 0.215. The highest BCUT2D eigenvalue weighted by atomic mass is 14.2. The molecule has 0 fully saturated rings. The molecule has 0 saturated heterocycles. The van der Waals surface area contributed by atoms with Gasteiger partial charge in [0.25, 0.3) is 0 Å². The fourth-order valence-corrected chi connectivity index (χ4v) is 5.87. The van der Waals surface area contributed by atoms with Crippen molar-refractivity contribution in [3.8, 4) is 22.3 Å². The van der Waals surface area contributed by atoms with Crippen LogP contribution in [0.15, 0.2) is 145 Å². The van der Waals surface area contributed by atoms with Crippen molar-refractivity contribution < 1.29 is 11.0 Å². The van der Waals surface area contributed by atoms with Crippen LogP contribution in [0.4, 0.5) is 0 Å². The van der Waals surface area contributed by atoms with E-state index in [2.05, 4.69) is 12.1 Å². The van der Waals surface area contributed by atoms with Crippen molar-refractivity contribution >= 4 is 53.9 Å². The van der Waals surface area contributed by atoms with Crippen LogP contribution in [0.25, 0.3) is 76.1 Å². The predicted octanol–water partition coefficient (Wildman–Crippen LogP) is 10.8. The molecule has 0 heteroatoms. The number of fused-ring (bicyclic) bond motifs is 7. The molecule has 0 aliphatic rings. The molecule has 176 valence electrons. The zero-order chi connectivity index (χ0) is 32.0. The number of hydrogen-bond donors (Lipinski definition) is 0. The zero-order valence-electron chi connectivity index (χ0n) is 28.2. The molecule has 0 N–H and O–H groups in total. The molecule has 0 radical (unpaired) electrons. The Labute approximate surface area is 232 Å². The van der Waals surface area contributed by atoms with Gasteiger partial charge >= 0.3 is 0 Å². The predicted molar refractivity (Wildman–Crippen MR) is 165 cm³/mol. The van der Waals surface area contributed by atoms with Crippen LogP contribution in [0.1, 0.15) is 11.0 Å². The molecule has 0 amide bonds. The van der Waals surface area contributed by atoms with Crippen LogP contribution in [0.3, 0.4) is 0 Å². The van der Waals surface area contributed by atoms with Gasteiger partial charge in [-0.25, -0.2) is 0 Å². The van der Waals surface area contributed by atoms with Gasteiger partial charge in [-0.3, -0.25) is 0 Å². The first-order valence-electron chi connectivity index (χ1n) is 16.6. The Morgan fingerprint density at radius 3 is 1.61 bits per heavy atom. The fourth-order valence-electron chi connectivity index (χ4n) is 5.87. The largest absolute Gasteiger partial charge is 0.0629 e. The monoisotopic (exact) mass is 488 g/mol. The summed E-state index contributed by atoms with van der Waals surface area (Å²) in [7, 11) is 0. The SMILES string of the molecule is [2H]c1c([2H])c([2H])c2c(-c3cc4ccc5ccccc5c4c4ccccc34)c3c([2H])c([2H])c([2H])c([2H])c3c(-c3ccccc3)c2c1[2H]. The van der Waals surface area contributed by atoms with E-state index in [0.29, 0.717) is 22.3 Å². The third-order valence-electron chi connectivity index (χ3n) is 7.45. The van der Waals surface area contributed by atoms with Crippen molar-refractivity contribution in [3.63, 3.8) is 0 Å². The lowest BCUT2D eigenvalue weighted by molar-refractivity contribution is 1.67. The van der Waals surface area contributed by atoms with Gasteiger partial charge in [-0.2, -0.15) is 0 Å². The second-order valence-electron chi connectivity index (χ2n) is 9.47. The van der Waals surface area contributed by atoms with E-state index >= 15 is 0 Å². The van der Waals surface area contributed by atoms with Crippen LogP contribution in [-0.4, -0.2) is 0 Å². The van der Waals surface area contributed by atoms with Crippen LogP contribution in [0.2, 0.25) is 0 Å². The first-order chi connectivity index (χ1) is 22.2. The number of benzene rings is 8. The lowest BCUT2D eigenvalue weighted by atomic mass is 9.83. The average Bonchev–Trinajstić information content (AvgIpc) is 3.09. The summed E-state index contributed by atoms with van der Waals surface area (Å²) < 4.78 is 71.6. The van der Waals surface area contributed by atoms with Gasteiger partial charge in [0.15, 0.2) is 0 Å². The molecule has 8 aromatic rings. The van der Waals surface area contributed by atoms with Crippen molar-refractivity contribution in [1.82, 2.24) is 0 Å². The molecule has 8 aromatic carbocycles. The molecule has 0 aliphatic heterocycles. The van der Waals surface area contributed by atoms with Gasteiger partial charge in [0.05, 0.1) is 11.0 Å². The molecular weight excluding hydrogens is 456 g/mol. The Hall–Kier alpha value is -4.94. The van der Waals surface area contributed by atoms with E-state index in [-0.39, 0.29) is 45.7 Å². The molecule has 38 heavy (non-hydrogen) atoms. The van der Waals surface area contributed by atoms with Gasteiger partial charge < -0.3 is 0 Å². The molecule has 0 unspecified atom stereocenters. The Morgan fingerprint density at radius 1 is 0.395 bits per heavy atom. The summed E-state index contributed by atoms with van der Waals surface area (Å²) >= 11 is 0. The standard InChI is InChI=1S/C38H24/c1-2-13-26(14-3-1)36-31-18-8-10-20-33(31)38(34-21-11-9-19-32(34)36)35-24-27-23-22-25-12-4-5-15-28(25)37(27)30-17-7-6-16-29(30)35/h1-24H/i8D,9D,10D,11D,18D,19D,20D,21D. The fraction of sp³-hybridized carbons (Fsp3) is 0. The van der Waals surface area contributed by atoms with Crippen LogP contribution in [-0.2, 0) is 0 Å². The van der Waals surface area contributed by atoms with Crippen LogP contribution >= 0.6 is 0 Å². The van der Waals surface area contributed by atoms with E-state index in [9.17, 15) is 5.48 Å². The molecule has 0 aliphatic carbocycles. The summed E-state index contributed by atoms with van der Waals surface area (Å²) in [6, 6.07) is 28.4. The molecule has 0 saturated carbocycles. The third-order valence-corrected chi connectivity index (χ3v) is 7.45. The van der Waals surface area contributed by atoms with Crippen molar-refractivity contribution in [2.75, 3.05) is 0 Å². The second-order valence-corrected chi connectivity index (χ2v) is 9.47. The Morgan fingerprint density at radius 2 is 0.921 bits per heavy atom. The Bertz CT molecular complexity index is 2530. The lowest BCUT2D eigenvalue weighted by Crippen LogP contribution is -1.92. The third kappa shape index (κ3) is 3.04. The van der Waals surface area contributed by atoms with Crippen molar-refractivity contribution in [3.05, 3.63) is 145 Å². The minimum Gasteiger partial charge on any atom is -0.0622 e. The van der Waals surface area contributed by atoms with E-state index in [0.717, 1.165) is 32.3 Å². The Kier molecular flexibility index (Phi) is 3.21. The zero-order valence-corrected chi connectivity index (χ0v) is 20.2. The highest BCUT2D eigenvalue weighted by molar-refractivity contribution is 6.28. The minimum atomic E-state index is -0.408. The topological polar surface area (TPSA) is 0 Å². The second kappa shape index (κ2) is 8.30. The van der Waals surface area contributed by atoms with Gasteiger partial charge in [0.2, 0.25) is 0 Å². The van der Waals surface area contributed by atoms with Gasteiger partial charge in [0, 0.05) is 0 Å². The molecule has 0 aromatic heterocycles. The smallest absolute Gasteiger partial charge is 0.0622 e. The molecular formula is C38H24. The molecule has 0 atom stereocenters. The maximum absolute atomic E-state index is 9.27. The van der Waals surface area contributed by atoms with Gasteiger partial charge in [-0.1, -0.05) is 139 Å². The maximum atomic E-state index is 9.27. The van der Waals surface area contributed by atoms with E-state index in [1.54, 1.807) is 24.3 Å². The number of hydrogen-bond acceptors (Lipinski definition) is 0. The Balaban J connectivity index is 1.73. The van der Waals surface area contributed by atoms with E-state index in [4.69, 9.17) is 5.48 Å². The quantitative estimate of drug-likeness (QED) is 0.168. The molecule has 0 heterocycles. The highest BCUT2D eigenvalue weighted by Crippen LogP contribution is 2.47. The summed E-state index contributed by atoms with van der Waals surface area (Å²) in [6.45, 7) is 0. The highest BCUT2D eigenvalue weighted by Gasteiger charge is 2.19. The van der Waals surface area contributed by atoms with Crippen molar-refractivity contribution in [1.29, 1.82) is 0 Å². The molecule has 8 rings (SSSR count). The maximum Gasteiger partial charge on any atom is 0.0629 e. The summed E-state index contributed by atoms with van der Waals surface area (Å²) in [6.07, 6.45) is 0. The summed E-state index contributed by atoms with van der Waals surface area (Å²) in [5.41, 5.74) is 1.93. The van der Waals surface area contributed by atoms with E-state index in [1.807, 2.05) is 60.7 Å². The van der Waals surface area contributed by atoms with Crippen LogP contribution < -0.4 is 0 Å². The van der Waals surface area contributed by atoms with Crippen molar-refractivity contribution in [2.24, 2.45) is 0 Å². The normalized spacial score (nSPS) is 14.6. The summed E-state index contributed by atoms with van der Waals surface area (Å²) in [5, 5.41) is 6.70. The van der Waals surface area contributed by atoms with Crippen molar-refractivity contribution in [2.45, 2.75) is 0 Å². The summed E-state index contributed by atoms with van der Waals surface area (Å²) in [5.74, 6) is 0. The first-order valence-corrected chi connectivity index (χ1v) is 12.6.